The maximum absolute atomic E-state index is 5.96. The van der Waals surface area contributed by atoms with Gasteiger partial charge in [0.2, 0.25) is 0 Å². The molecule has 88 valence electrons. The zero-order valence-corrected chi connectivity index (χ0v) is 9.81. The second-order valence-electron chi connectivity index (χ2n) is 3.78. The molecule has 0 aromatic heterocycles. The number of ether oxygens (including phenoxy) is 1. The van der Waals surface area contributed by atoms with Crippen LogP contribution in [0.25, 0.3) is 5.57 Å². The van der Waals surface area contributed by atoms with Crippen LogP contribution in [0, 0.1) is 0 Å². The van der Waals surface area contributed by atoms with Crippen LogP contribution in [-0.2, 0) is 0 Å². The first-order valence-electron chi connectivity index (χ1n) is 5.45. The SMILES string of the molecule is C=CC1=C(c2ccc(OC)cc2)C=CNC1N. The number of benzene rings is 1. The predicted octanol–water partition coefficient (Wildman–Crippen LogP) is 2.04. The van der Waals surface area contributed by atoms with Gasteiger partial charge >= 0.3 is 0 Å². The minimum absolute atomic E-state index is 0.199. The molecule has 0 saturated carbocycles. The van der Waals surface area contributed by atoms with E-state index in [1.54, 1.807) is 13.2 Å². The van der Waals surface area contributed by atoms with Gasteiger partial charge in [0, 0.05) is 0 Å². The van der Waals surface area contributed by atoms with Crippen molar-refractivity contribution < 1.29 is 4.74 Å². The van der Waals surface area contributed by atoms with Crippen LogP contribution in [0.2, 0.25) is 0 Å². The topological polar surface area (TPSA) is 47.3 Å². The number of nitrogens with two attached hydrogens (primary N) is 1. The molecular weight excluding hydrogens is 212 g/mol. The fourth-order valence-corrected chi connectivity index (χ4v) is 1.86. The first kappa shape index (κ1) is 11.5. The minimum Gasteiger partial charge on any atom is -0.497 e. The third kappa shape index (κ3) is 2.24. The van der Waals surface area contributed by atoms with Crippen LogP contribution in [0.15, 0.2) is 54.8 Å². The Kier molecular flexibility index (Phi) is 3.30. The van der Waals surface area contributed by atoms with E-state index < -0.39 is 0 Å². The van der Waals surface area contributed by atoms with Crippen molar-refractivity contribution in [2.24, 2.45) is 5.73 Å². The summed E-state index contributed by atoms with van der Waals surface area (Å²) in [6.45, 7) is 3.81. The highest BCUT2D eigenvalue weighted by molar-refractivity contribution is 5.80. The van der Waals surface area contributed by atoms with Gasteiger partial charge in [0.1, 0.15) is 11.9 Å². The Balaban J connectivity index is 2.43. The van der Waals surface area contributed by atoms with Gasteiger partial charge in [0.15, 0.2) is 0 Å². The van der Waals surface area contributed by atoms with Gasteiger partial charge in [-0.15, -0.1) is 0 Å². The van der Waals surface area contributed by atoms with Crippen LogP contribution in [0.3, 0.4) is 0 Å². The van der Waals surface area contributed by atoms with Crippen LogP contribution in [0.1, 0.15) is 5.56 Å². The Bertz CT molecular complexity index is 472. The summed E-state index contributed by atoms with van der Waals surface area (Å²) in [6, 6.07) is 7.90. The van der Waals surface area contributed by atoms with Crippen molar-refractivity contribution >= 4 is 5.57 Å². The summed E-state index contributed by atoms with van der Waals surface area (Å²) in [4.78, 5) is 0. The Morgan fingerprint density at radius 1 is 1.35 bits per heavy atom. The predicted molar refractivity (Wildman–Crippen MR) is 70.4 cm³/mol. The van der Waals surface area contributed by atoms with Gasteiger partial charge in [-0.3, -0.25) is 0 Å². The molecule has 1 aromatic carbocycles. The molecule has 1 aliphatic rings. The summed E-state index contributed by atoms with van der Waals surface area (Å²) in [5.41, 5.74) is 9.15. The largest absolute Gasteiger partial charge is 0.497 e. The molecule has 2 rings (SSSR count). The number of methoxy groups -OCH3 is 1. The molecule has 0 radical (unpaired) electrons. The van der Waals surface area contributed by atoms with E-state index in [0.29, 0.717) is 0 Å². The number of allylic oxidation sites excluding steroid dienone is 2. The van der Waals surface area contributed by atoms with Gasteiger partial charge < -0.3 is 15.8 Å². The molecule has 0 saturated heterocycles. The molecule has 3 nitrogen and oxygen atoms in total. The van der Waals surface area contributed by atoms with E-state index in [4.69, 9.17) is 10.5 Å². The number of hydrogen-bond donors (Lipinski definition) is 2. The lowest BCUT2D eigenvalue weighted by Gasteiger charge is -2.21. The van der Waals surface area contributed by atoms with Crippen molar-refractivity contribution in [1.82, 2.24) is 5.32 Å². The molecule has 1 heterocycles. The van der Waals surface area contributed by atoms with Crippen LogP contribution >= 0.6 is 0 Å². The summed E-state index contributed by atoms with van der Waals surface area (Å²) in [7, 11) is 1.66. The van der Waals surface area contributed by atoms with Crippen LogP contribution < -0.4 is 15.8 Å². The van der Waals surface area contributed by atoms with Crippen molar-refractivity contribution in [3.05, 3.63) is 60.3 Å². The maximum Gasteiger partial charge on any atom is 0.118 e. The average Bonchev–Trinajstić information content (AvgIpc) is 2.38. The van der Waals surface area contributed by atoms with E-state index in [0.717, 1.165) is 22.5 Å². The van der Waals surface area contributed by atoms with Crippen LogP contribution in [0.5, 0.6) is 5.75 Å². The zero-order chi connectivity index (χ0) is 12.3. The van der Waals surface area contributed by atoms with Gasteiger partial charge in [-0.25, -0.2) is 0 Å². The van der Waals surface area contributed by atoms with Gasteiger partial charge in [0.25, 0.3) is 0 Å². The number of nitrogens with one attached hydrogen (secondary N) is 1. The van der Waals surface area contributed by atoms with Crippen LogP contribution in [-0.4, -0.2) is 13.3 Å². The van der Waals surface area contributed by atoms with Crippen molar-refractivity contribution in [3.8, 4) is 5.75 Å². The summed E-state index contributed by atoms with van der Waals surface area (Å²) in [5, 5.41) is 3.05. The van der Waals surface area contributed by atoms with Crippen molar-refractivity contribution in [1.29, 1.82) is 0 Å². The molecule has 0 aliphatic carbocycles. The van der Waals surface area contributed by atoms with Gasteiger partial charge in [0.05, 0.1) is 7.11 Å². The molecule has 1 unspecified atom stereocenters. The minimum atomic E-state index is -0.199. The zero-order valence-electron chi connectivity index (χ0n) is 9.81. The maximum atomic E-state index is 5.96. The monoisotopic (exact) mass is 228 g/mol. The second-order valence-corrected chi connectivity index (χ2v) is 3.78. The molecule has 3 N–H and O–H groups in total. The Labute approximate surface area is 101 Å². The van der Waals surface area contributed by atoms with Crippen molar-refractivity contribution in [2.45, 2.75) is 6.17 Å². The number of rotatable bonds is 3. The smallest absolute Gasteiger partial charge is 0.118 e. The van der Waals surface area contributed by atoms with E-state index in [1.807, 2.05) is 36.5 Å². The van der Waals surface area contributed by atoms with E-state index >= 15 is 0 Å². The quantitative estimate of drug-likeness (QED) is 0.832. The number of hydrogen-bond acceptors (Lipinski definition) is 3. The lowest BCUT2D eigenvalue weighted by Crippen LogP contribution is -2.37. The summed E-state index contributed by atoms with van der Waals surface area (Å²) in [5.74, 6) is 0.844. The Morgan fingerprint density at radius 2 is 2.06 bits per heavy atom. The number of dihydropyridines is 1. The van der Waals surface area contributed by atoms with E-state index in [1.165, 1.54) is 0 Å². The van der Waals surface area contributed by atoms with Crippen LogP contribution in [0.4, 0.5) is 0 Å². The molecule has 1 atom stereocenters. The standard InChI is InChI=1S/C14H16N2O/c1-3-12-13(8-9-16-14(12)15)10-4-6-11(17-2)7-5-10/h3-9,14,16H,1,15H2,2H3. The lowest BCUT2D eigenvalue weighted by atomic mass is 9.96. The molecule has 0 spiro atoms. The van der Waals surface area contributed by atoms with Gasteiger partial charge in [-0.2, -0.15) is 0 Å². The molecule has 3 heteroatoms. The lowest BCUT2D eigenvalue weighted by molar-refractivity contribution is 0.415. The molecule has 0 amide bonds. The molecule has 1 aromatic rings. The average molecular weight is 228 g/mol. The van der Waals surface area contributed by atoms with E-state index in [-0.39, 0.29) is 6.17 Å². The van der Waals surface area contributed by atoms with Crippen molar-refractivity contribution in [2.75, 3.05) is 7.11 Å². The highest BCUT2D eigenvalue weighted by atomic mass is 16.5. The van der Waals surface area contributed by atoms with Gasteiger partial charge in [-0.05, 0) is 41.1 Å². The second kappa shape index (κ2) is 4.89. The van der Waals surface area contributed by atoms with E-state index in [9.17, 15) is 0 Å². The fraction of sp³-hybridized carbons (Fsp3) is 0.143. The summed E-state index contributed by atoms with van der Waals surface area (Å²) in [6.07, 6.45) is 5.45. The molecule has 0 fully saturated rings. The first-order chi connectivity index (χ1) is 8.26. The third-order valence-electron chi connectivity index (χ3n) is 2.79. The highest BCUT2D eigenvalue weighted by Gasteiger charge is 2.14. The third-order valence-corrected chi connectivity index (χ3v) is 2.79. The Morgan fingerprint density at radius 3 is 2.65 bits per heavy atom. The molecule has 0 bridgehead atoms. The molecular formula is C14H16N2O. The van der Waals surface area contributed by atoms with Crippen molar-refractivity contribution in [3.63, 3.8) is 0 Å². The normalized spacial score (nSPS) is 18.8. The molecule has 1 aliphatic heterocycles. The summed E-state index contributed by atoms with van der Waals surface area (Å²) < 4.78 is 5.14. The first-order valence-corrected chi connectivity index (χ1v) is 5.45. The highest BCUT2D eigenvalue weighted by Crippen LogP contribution is 2.26. The Hall–Kier alpha value is -2.00. The summed E-state index contributed by atoms with van der Waals surface area (Å²) >= 11 is 0. The van der Waals surface area contributed by atoms with Gasteiger partial charge in [-0.1, -0.05) is 24.8 Å². The van der Waals surface area contributed by atoms with E-state index in [2.05, 4.69) is 11.9 Å². The molecule has 17 heavy (non-hydrogen) atoms. The fourth-order valence-electron chi connectivity index (χ4n) is 1.86.